The normalized spacial score (nSPS) is 13.8. The Morgan fingerprint density at radius 3 is 2.57 bits per heavy atom. The van der Waals surface area contributed by atoms with Crippen molar-refractivity contribution in [2.45, 2.75) is 0 Å². The predicted octanol–water partition coefficient (Wildman–Crippen LogP) is -0.355. The Balaban J connectivity index is 1.82. The van der Waals surface area contributed by atoms with E-state index in [9.17, 15) is 14.4 Å². The Morgan fingerprint density at radius 1 is 1.29 bits per heavy atom. The van der Waals surface area contributed by atoms with E-state index in [-0.39, 0.29) is 36.7 Å². The van der Waals surface area contributed by atoms with E-state index in [4.69, 9.17) is 15.6 Å². The highest BCUT2D eigenvalue weighted by atomic mass is 16.5. The molecule has 0 spiro atoms. The lowest BCUT2D eigenvalue weighted by Crippen LogP contribution is -2.31. The van der Waals surface area contributed by atoms with Crippen molar-refractivity contribution in [3.63, 3.8) is 0 Å². The number of nitrogens with one attached hydrogen (secondary N) is 1. The van der Waals surface area contributed by atoms with E-state index < -0.39 is 17.8 Å². The van der Waals surface area contributed by atoms with Gasteiger partial charge in [-0.1, -0.05) is 0 Å². The summed E-state index contributed by atoms with van der Waals surface area (Å²) in [6, 6.07) is 8.36. The number of nitrogens with two attached hydrogens (primary N) is 1. The highest BCUT2D eigenvalue weighted by Gasteiger charge is 2.34. The third-order valence-electron chi connectivity index (χ3n) is 4.20. The fourth-order valence-electron chi connectivity index (χ4n) is 2.79. The van der Waals surface area contributed by atoms with E-state index in [1.807, 2.05) is 0 Å². The highest BCUT2D eigenvalue weighted by Crippen LogP contribution is 2.23. The van der Waals surface area contributed by atoms with Crippen LogP contribution >= 0.6 is 0 Å². The minimum atomic E-state index is -0.619. The minimum absolute atomic E-state index is 0.0651. The second-order valence-electron chi connectivity index (χ2n) is 5.98. The van der Waals surface area contributed by atoms with Crippen LogP contribution in [0.2, 0.25) is 0 Å². The van der Waals surface area contributed by atoms with Gasteiger partial charge in [0.15, 0.2) is 0 Å². The van der Waals surface area contributed by atoms with Gasteiger partial charge in [-0.25, -0.2) is 9.48 Å². The number of ether oxygens (including phenoxy) is 1. The SMILES string of the molecule is COC(=O)C1=C(Nc2ccc(-n3ccc(C(N)=O)n3)cc2)C(=O)N(CCO)C1. The van der Waals surface area contributed by atoms with E-state index in [1.54, 1.807) is 30.5 Å². The molecule has 0 bridgehead atoms. The van der Waals surface area contributed by atoms with Crippen molar-refractivity contribution in [2.24, 2.45) is 5.73 Å². The molecule has 1 aliphatic rings. The van der Waals surface area contributed by atoms with Crippen LogP contribution in [0.4, 0.5) is 5.69 Å². The molecule has 1 aromatic carbocycles. The molecule has 0 aliphatic carbocycles. The molecule has 10 nitrogen and oxygen atoms in total. The van der Waals surface area contributed by atoms with Gasteiger partial charge >= 0.3 is 5.97 Å². The zero-order valence-corrected chi connectivity index (χ0v) is 15.1. The van der Waals surface area contributed by atoms with Gasteiger partial charge in [-0.2, -0.15) is 5.10 Å². The molecule has 0 atom stereocenters. The van der Waals surface area contributed by atoms with Crippen molar-refractivity contribution in [3.8, 4) is 5.69 Å². The summed E-state index contributed by atoms with van der Waals surface area (Å²) in [6.45, 7) is -0.0278. The predicted molar refractivity (Wildman–Crippen MR) is 98.4 cm³/mol. The maximum Gasteiger partial charge on any atom is 0.337 e. The molecule has 1 aliphatic heterocycles. The first-order valence-electron chi connectivity index (χ1n) is 8.39. The molecule has 0 saturated heterocycles. The maximum atomic E-state index is 12.5. The van der Waals surface area contributed by atoms with Crippen LogP contribution in [0, 0.1) is 0 Å². The van der Waals surface area contributed by atoms with E-state index >= 15 is 0 Å². The number of hydrogen-bond donors (Lipinski definition) is 3. The van der Waals surface area contributed by atoms with Gasteiger partial charge < -0.3 is 25.8 Å². The first kappa shape index (κ1) is 19.1. The fourth-order valence-corrected chi connectivity index (χ4v) is 2.79. The lowest BCUT2D eigenvalue weighted by atomic mass is 10.2. The molecule has 4 N–H and O–H groups in total. The third-order valence-corrected chi connectivity index (χ3v) is 4.20. The summed E-state index contributed by atoms with van der Waals surface area (Å²) in [7, 11) is 1.24. The summed E-state index contributed by atoms with van der Waals surface area (Å²) in [5.74, 6) is -1.62. The van der Waals surface area contributed by atoms with Crippen LogP contribution in [0.3, 0.4) is 0 Å². The summed E-state index contributed by atoms with van der Waals surface area (Å²) in [5, 5.41) is 16.1. The Labute approximate surface area is 160 Å². The lowest BCUT2D eigenvalue weighted by Gasteiger charge is -2.15. The summed E-state index contributed by atoms with van der Waals surface area (Å²) in [5.41, 5.74) is 6.91. The second kappa shape index (κ2) is 7.92. The number of aliphatic hydroxyl groups excluding tert-OH is 1. The molecule has 3 rings (SSSR count). The number of carbonyl (C=O) groups excluding carboxylic acids is 3. The highest BCUT2D eigenvalue weighted by molar-refractivity contribution is 6.08. The van der Waals surface area contributed by atoms with E-state index in [0.717, 1.165) is 0 Å². The smallest absolute Gasteiger partial charge is 0.337 e. The lowest BCUT2D eigenvalue weighted by molar-refractivity contribution is -0.136. The number of methoxy groups -OCH3 is 1. The molecule has 2 amide bonds. The quantitative estimate of drug-likeness (QED) is 0.553. The number of esters is 1. The number of anilines is 1. The third kappa shape index (κ3) is 3.71. The van der Waals surface area contributed by atoms with Gasteiger partial charge in [-0.3, -0.25) is 9.59 Å². The number of primary amides is 1. The Morgan fingerprint density at radius 2 is 2.00 bits per heavy atom. The van der Waals surface area contributed by atoms with Crippen LogP contribution in [-0.4, -0.2) is 64.4 Å². The molecule has 1 aromatic heterocycles. The Hall–Kier alpha value is -3.66. The zero-order chi connectivity index (χ0) is 20.3. The molecule has 2 heterocycles. The molecular formula is C18H19N5O5. The van der Waals surface area contributed by atoms with Crippen molar-refractivity contribution in [1.82, 2.24) is 14.7 Å². The van der Waals surface area contributed by atoms with Crippen molar-refractivity contribution in [1.29, 1.82) is 0 Å². The van der Waals surface area contributed by atoms with Gasteiger partial charge in [-0.05, 0) is 30.3 Å². The number of amides is 2. The van der Waals surface area contributed by atoms with E-state index in [2.05, 4.69) is 10.4 Å². The first-order valence-corrected chi connectivity index (χ1v) is 8.39. The van der Waals surface area contributed by atoms with Crippen molar-refractivity contribution in [2.75, 3.05) is 32.1 Å². The van der Waals surface area contributed by atoms with Crippen molar-refractivity contribution < 1.29 is 24.2 Å². The number of hydrogen-bond acceptors (Lipinski definition) is 7. The van der Waals surface area contributed by atoms with Gasteiger partial charge in [-0.15, -0.1) is 0 Å². The molecule has 2 aromatic rings. The summed E-state index contributed by atoms with van der Waals surface area (Å²) in [4.78, 5) is 37.0. The number of rotatable bonds is 7. The summed E-state index contributed by atoms with van der Waals surface area (Å²) < 4.78 is 6.24. The number of nitrogens with zero attached hydrogens (tertiary/aromatic N) is 3. The second-order valence-corrected chi connectivity index (χ2v) is 5.98. The molecule has 0 fully saturated rings. The largest absolute Gasteiger partial charge is 0.466 e. The maximum absolute atomic E-state index is 12.5. The van der Waals surface area contributed by atoms with Crippen molar-refractivity contribution in [3.05, 3.63) is 53.5 Å². The minimum Gasteiger partial charge on any atom is -0.466 e. The van der Waals surface area contributed by atoms with Gasteiger partial charge in [0.2, 0.25) is 0 Å². The average molecular weight is 385 g/mol. The molecule has 10 heteroatoms. The van der Waals surface area contributed by atoms with E-state index in [0.29, 0.717) is 11.4 Å². The van der Waals surface area contributed by atoms with Crippen molar-refractivity contribution >= 4 is 23.5 Å². The molecular weight excluding hydrogens is 366 g/mol. The first-order chi connectivity index (χ1) is 13.4. The fraction of sp³-hybridized carbons (Fsp3) is 0.222. The molecule has 0 unspecified atom stereocenters. The van der Waals surface area contributed by atoms with Gasteiger partial charge in [0.25, 0.3) is 11.8 Å². The zero-order valence-electron chi connectivity index (χ0n) is 15.1. The topological polar surface area (TPSA) is 140 Å². The summed E-state index contributed by atoms with van der Waals surface area (Å²) >= 11 is 0. The Kier molecular flexibility index (Phi) is 5.41. The van der Waals surface area contributed by atoms with Crippen LogP contribution in [-0.2, 0) is 14.3 Å². The standard InChI is InChI=1S/C18H19N5O5/c1-28-18(27)13-10-22(8-9-24)17(26)15(13)20-11-2-4-12(5-3-11)23-7-6-14(21-23)16(19)25/h2-7,20,24H,8-10H2,1H3,(H2,19,25). The van der Waals surface area contributed by atoms with E-state index in [1.165, 1.54) is 22.8 Å². The van der Waals surface area contributed by atoms with Crippen LogP contribution in [0.5, 0.6) is 0 Å². The molecule has 0 radical (unpaired) electrons. The van der Waals surface area contributed by atoms with Crippen LogP contribution in [0.1, 0.15) is 10.5 Å². The van der Waals surface area contributed by atoms with Gasteiger partial charge in [0, 0.05) is 18.4 Å². The molecule has 28 heavy (non-hydrogen) atoms. The van der Waals surface area contributed by atoms with Crippen LogP contribution in [0.15, 0.2) is 47.8 Å². The van der Waals surface area contributed by atoms with Crippen LogP contribution in [0.25, 0.3) is 5.69 Å². The molecule has 0 saturated carbocycles. The monoisotopic (exact) mass is 385 g/mol. The average Bonchev–Trinajstić information content (AvgIpc) is 3.30. The van der Waals surface area contributed by atoms with Gasteiger partial charge in [0.05, 0.1) is 31.5 Å². The van der Waals surface area contributed by atoms with Gasteiger partial charge in [0.1, 0.15) is 11.4 Å². The number of aliphatic hydroxyl groups is 1. The number of benzene rings is 1. The number of aromatic nitrogens is 2. The number of carbonyl (C=O) groups is 3. The molecule has 146 valence electrons. The number of β-amino-alcohol motifs (C(OH)–C–C–N with tert-alkyl or cyclic N) is 1. The summed E-state index contributed by atoms with van der Waals surface area (Å²) in [6.07, 6.45) is 1.60. The van der Waals surface area contributed by atoms with Crippen LogP contribution < -0.4 is 11.1 Å². The Bertz CT molecular complexity index is 948.